The normalized spacial score (nSPS) is 10.0. The quantitative estimate of drug-likeness (QED) is 0.525. The van der Waals surface area contributed by atoms with Gasteiger partial charge in [-0.15, -0.1) is 0 Å². The van der Waals surface area contributed by atoms with Gasteiger partial charge in [0, 0.05) is 0 Å². The molecule has 0 aliphatic heterocycles. The predicted molar refractivity (Wildman–Crippen MR) is 82.3 cm³/mol. The molecular weight excluding hydrogens is 360 g/mol. The first kappa shape index (κ1) is 17.8. The number of anilines is 2. The van der Waals surface area contributed by atoms with Crippen LogP contribution in [0.4, 0.5) is 34.4 Å². The van der Waals surface area contributed by atoms with Crippen LogP contribution in [0.25, 0.3) is 0 Å². The highest BCUT2D eigenvalue weighted by molar-refractivity contribution is 5.65. The molecule has 0 spiro atoms. The molecule has 0 fully saturated rings. The maximum atomic E-state index is 11.0. The van der Waals surface area contributed by atoms with Crippen molar-refractivity contribution in [1.82, 2.24) is 9.97 Å². The van der Waals surface area contributed by atoms with E-state index >= 15 is 0 Å². The Kier molecular flexibility index (Phi) is 4.77. The van der Waals surface area contributed by atoms with E-state index in [4.69, 9.17) is 0 Å². The molecule has 134 valence electrons. The van der Waals surface area contributed by atoms with Gasteiger partial charge in [0.25, 0.3) is 11.4 Å². The monoisotopic (exact) mass is 366 g/mol. The van der Waals surface area contributed by atoms with Crippen molar-refractivity contribution in [2.45, 2.75) is 0 Å². The molecule has 2 rings (SSSR count). The van der Waals surface area contributed by atoms with Crippen molar-refractivity contribution in [3.63, 3.8) is 0 Å². The third-order valence-electron chi connectivity index (χ3n) is 2.82. The Hall–Kier alpha value is -4.50. The summed E-state index contributed by atoms with van der Waals surface area (Å²) in [5, 5.41) is 43.2. The Morgan fingerprint density at radius 1 is 0.654 bits per heavy atom. The largest absolute Gasteiger partial charge is 0.319 e. The molecule has 0 aliphatic carbocycles. The van der Waals surface area contributed by atoms with Gasteiger partial charge < -0.3 is 0 Å². The van der Waals surface area contributed by atoms with Crippen molar-refractivity contribution in [2.75, 3.05) is 10.9 Å². The molecule has 0 atom stereocenters. The van der Waals surface area contributed by atoms with Crippen LogP contribution in [0.3, 0.4) is 0 Å². The summed E-state index contributed by atoms with van der Waals surface area (Å²) in [7, 11) is 0. The molecule has 0 aromatic carbocycles. The average Bonchev–Trinajstić information content (AvgIpc) is 2.59. The molecule has 2 aromatic rings. The highest BCUT2D eigenvalue weighted by Gasteiger charge is 2.24. The number of hydrazine groups is 1. The Morgan fingerprint density at radius 3 is 1.27 bits per heavy atom. The van der Waals surface area contributed by atoms with Crippen molar-refractivity contribution in [3.05, 3.63) is 65.0 Å². The number of aromatic nitrogens is 2. The van der Waals surface area contributed by atoms with Crippen molar-refractivity contribution in [2.24, 2.45) is 0 Å². The number of pyridine rings is 2. The lowest BCUT2D eigenvalue weighted by Crippen LogP contribution is -2.14. The topological polar surface area (TPSA) is 222 Å². The summed E-state index contributed by atoms with van der Waals surface area (Å²) in [6.07, 6.45) is 1.46. The molecule has 0 bridgehead atoms. The van der Waals surface area contributed by atoms with Gasteiger partial charge in [-0.1, -0.05) is 0 Å². The first-order chi connectivity index (χ1) is 12.2. The highest BCUT2D eigenvalue weighted by atomic mass is 16.6. The van der Waals surface area contributed by atoms with E-state index in [1.54, 1.807) is 0 Å². The minimum absolute atomic E-state index is 0.491. The fourth-order valence-corrected chi connectivity index (χ4v) is 1.67. The number of nitrogens with one attached hydrogen (secondary N) is 2. The summed E-state index contributed by atoms with van der Waals surface area (Å²) in [6, 6.07) is 1.27. The fourth-order valence-electron chi connectivity index (χ4n) is 1.67. The number of rotatable bonds is 7. The van der Waals surface area contributed by atoms with Gasteiger partial charge in [0.2, 0.25) is 11.6 Å². The second-order valence-electron chi connectivity index (χ2n) is 4.40. The molecule has 0 saturated carbocycles. The summed E-state index contributed by atoms with van der Waals surface area (Å²) in [5.74, 6) is -0.981. The lowest BCUT2D eigenvalue weighted by atomic mass is 10.3. The Balaban J connectivity index is 2.34. The van der Waals surface area contributed by atoms with Gasteiger partial charge in [0.1, 0.15) is 12.4 Å². The van der Waals surface area contributed by atoms with Crippen LogP contribution in [0.2, 0.25) is 0 Å². The molecule has 2 heterocycles. The summed E-state index contributed by atoms with van der Waals surface area (Å²) < 4.78 is 0. The van der Waals surface area contributed by atoms with E-state index in [1.165, 1.54) is 0 Å². The lowest BCUT2D eigenvalue weighted by Gasteiger charge is -2.08. The summed E-state index contributed by atoms with van der Waals surface area (Å²) in [5.41, 5.74) is 1.48. The van der Waals surface area contributed by atoms with Gasteiger partial charge in [0.15, 0.2) is 0 Å². The summed E-state index contributed by atoms with van der Waals surface area (Å²) >= 11 is 0. The highest BCUT2D eigenvalue weighted by Crippen LogP contribution is 2.29. The van der Waals surface area contributed by atoms with Crippen molar-refractivity contribution < 1.29 is 19.7 Å². The number of nitrogens with zero attached hydrogens (tertiary/aromatic N) is 6. The molecule has 16 nitrogen and oxygen atoms in total. The zero-order valence-electron chi connectivity index (χ0n) is 12.3. The average molecular weight is 366 g/mol. The number of hydrogen-bond acceptors (Lipinski definition) is 12. The van der Waals surface area contributed by atoms with Crippen LogP contribution in [0.5, 0.6) is 0 Å². The molecule has 0 amide bonds. The standard InChI is InChI=1S/C10H6N8O8/c19-15(20)5-1-7(17(23)24)9(11-3-5)13-14-10-8(18(25)26)2-6(4-12-10)16(21)22/h1-4H,(H,11,13)(H,12,14). The van der Waals surface area contributed by atoms with Crippen molar-refractivity contribution in [3.8, 4) is 0 Å². The van der Waals surface area contributed by atoms with Crippen molar-refractivity contribution in [1.29, 1.82) is 0 Å². The molecule has 0 aliphatic rings. The summed E-state index contributed by atoms with van der Waals surface area (Å²) in [4.78, 5) is 46.5. The van der Waals surface area contributed by atoms with Gasteiger partial charge in [-0.3, -0.25) is 51.3 Å². The second kappa shape index (κ2) is 6.95. The Morgan fingerprint density at radius 2 is 1.00 bits per heavy atom. The molecule has 16 heteroatoms. The Bertz CT molecular complexity index is 856. The maximum Gasteiger partial charge on any atom is 0.319 e. The van der Waals surface area contributed by atoms with Crippen LogP contribution in [0, 0.1) is 40.5 Å². The van der Waals surface area contributed by atoms with Gasteiger partial charge in [-0.25, -0.2) is 9.97 Å². The van der Waals surface area contributed by atoms with Crippen LogP contribution >= 0.6 is 0 Å². The zero-order valence-corrected chi connectivity index (χ0v) is 12.3. The molecule has 2 aromatic heterocycles. The van der Waals surface area contributed by atoms with E-state index < -0.39 is 54.1 Å². The van der Waals surface area contributed by atoms with E-state index in [0.717, 1.165) is 12.4 Å². The van der Waals surface area contributed by atoms with E-state index in [0.29, 0.717) is 12.1 Å². The third-order valence-corrected chi connectivity index (χ3v) is 2.82. The minimum Gasteiger partial charge on any atom is -0.277 e. The molecule has 26 heavy (non-hydrogen) atoms. The van der Waals surface area contributed by atoms with Crippen LogP contribution in [0.1, 0.15) is 0 Å². The van der Waals surface area contributed by atoms with Gasteiger partial charge in [0.05, 0.1) is 31.8 Å². The SMILES string of the molecule is O=[N+]([O-])c1cnc(NNc2ncc([N+](=O)[O-])cc2[N+](=O)[O-])c([N+](=O)[O-])c1. The molecule has 0 saturated heterocycles. The van der Waals surface area contributed by atoms with Crippen LogP contribution in [-0.2, 0) is 0 Å². The number of hydrogen-bond donors (Lipinski definition) is 2. The minimum atomic E-state index is -0.957. The van der Waals surface area contributed by atoms with E-state index in [2.05, 4.69) is 20.8 Å². The molecular formula is C10H6N8O8. The fraction of sp³-hybridized carbons (Fsp3) is 0. The van der Waals surface area contributed by atoms with E-state index in [-0.39, 0.29) is 0 Å². The van der Waals surface area contributed by atoms with Crippen LogP contribution in [-0.4, -0.2) is 29.7 Å². The maximum absolute atomic E-state index is 11.0. The lowest BCUT2D eigenvalue weighted by molar-refractivity contribution is -0.394. The second-order valence-corrected chi connectivity index (χ2v) is 4.40. The number of nitro groups is 4. The van der Waals surface area contributed by atoms with E-state index in [1.807, 2.05) is 0 Å². The molecule has 0 radical (unpaired) electrons. The summed E-state index contributed by atoms with van der Waals surface area (Å²) in [6.45, 7) is 0. The van der Waals surface area contributed by atoms with Crippen LogP contribution < -0.4 is 10.9 Å². The van der Waals surface area contributed by atoms with Crippen LogP contribution in [0.15, 0.2) is 24.5 Å². The van der Waals surface area contributed by atoms with Crippen molar-refractivity contribution >= 4 is 34.4 Å². The first-order valence-electron chi connectivity index (χ1n) is 6.30. The van der Waals surface area contributed by atoms with Gasteiger partial charge >= 0.3 is 11.4 Å². The van der Waals surface area contributed by atoms with Gasteiger partial charge in [-0.05, 0) is 0 Å². The Labute approximate surface area is 141 Å². The van der Waals surface area contributed by atoms with E-state index in [9.17, 15) is 40.5 Å². The first-order valence-corrected chi connectivity index (χ1v) is 6.30. The molecule has 0 unspecified atom stereocenters. The third kappa shape index (κ3) is 3.69. The predicted octanol–water partition coefficient (Wildman–Crippen LogP) is 1.55. The molecule has 2 N–H and O–H groups in total. The zero-order chi connectivity index (χ0) is 19.4. The van der Waals surface area contributed by atoms with Gasteiger partial charge in [-0.2, -0.15) is 0 Å². The smallest absolute Gasteiger partial charge is 0.277 e.